The summed E-state index contributed by atoms with van der Waals surface area (Å²) in [6.45, 7) is 4.38. The third kappa shape index (κ3) is 4.16. The van der Waals surface area contributed by atoms with E-state index >= 15 is 0 Å². The highest BCUT2D eigenvalue weighted by Crippen LogP contribution is 2.29. The molecule has 1 amide bonds. The summed E-state index contributed by atoms with van der Waals surface area (Å²) in [6.07, 6.45) is 5.29. The van der Waals surface area contributed by atoms with Gasteiger partial charge in [0.1, 0.15) is 4.83 Å². The number of amides is 1. The van der Waals surface area contributed by atoms with Crippen LogP contribution in [0.5, 0.6) is 0 Å². The maximum atomic E-state index is 12.9. The van der Waals surface area contributed by atoms with Gasteiger partial charge in [0, 0.05) is 36.9 Å². The topological polar surface area (TPSA) is 75.9 Å². The van der Waals surface area contributed by atoms with E-state index in [-0.39, 0.29) is 11.9 Å². The second kappa shape index (κ2) is 8.47. The molecule has 0 radical (unpaired) electrons. The second-order valence-electron chi connectivity index (χ2n) is 7.84. The first-order chi connectivity index (χ1) is 15.2. The molecule has 0 unspecified atom stereocenters. The fraction of sp³-hybridized carbons (Fsp3) is 0.304. The van der Waals surface area contributed by atoms with Gasteiger partial charge in [0.05, 0.1) is 17.1 Å². The van der Waals surface area contributed by atoms with Gasteiger partial charge in [0.15, 0.2) is 0 Å². The van der Waals surface area contributed by atoms with Gasteiger partial charge in [0.25, 0.3) is 5.91 Å². The van der Waals surface area contributed by atoms with Gasteiger partial charge in [-0.25, -0.2) is 9.97 Å². The van der Waals surface area contributed by atoms with E-state index in [1.807, 2.05) is 41.9 Å². The summed E-state index contributed by atoms with van der Waals surface area (Å²) in [7, 11) is 0. The van der Waals surface area contributed by atoms with Crippen molar-refractivity contribution in [1.29, 1.82) is 0 Å². The van der Waals surface area contributed by atoms with Gasteiger partial charge >= 0.3 is 0 Å². The molecule has 5 rings (SSSR count). The van der Waals surface area contributed by atoms with Gasteiger partial charge < -0.3 is 10.2 Å². The van der Waals surface area contributed by atoms with E-state index in [1.165, 1.54) is 16.9 Å². The Bertz CT molecular complexity index is 1180. The second-order valence-corrected chi connectivity index (χ2v) is 8.87. The van der Waals surface area contributed by atoms with E-state index in [2.05, 4.69) is 37.4 Å². The van der Waals surface area contributed by atoms with Gasteiger partial charge in [0.2, 0.25) is 5.95 Å². The normalized spacial score (nSPS) is 14.8. The molecule has 1 N–H and O–H groups in total. The Kier molecular flexibility index (Phi) is 5.38. The Morgan fingerprint density at radius 1 is 1.13 bits per heavy atom. The van der Waals surface area contributed by atoms with Crippen LogP contribution in [-0.2, 0) is 6.54 Å². The zero-order valence-electron chi connectivity index (χ0n) is 17.4. The van der Waals surface area contributed by atoms with Crippen LogP contribution in [0.4, 0.5) is 5.95 Å². The minimum absolute atomic E-state index is 0.00118. The monoisotopic (exact) mass is 432 g/mol. The average molecular weight is 433 g/mol. The Hall–Kier alpha value is -3.26. The predicted molar refractivity (Wildman–Crippen MR) is 123 cm³/mol. The van der Waals surface area contributed by atoms with Crippen LogP contribution in [0, 0.1) is 6.92 Å². The van der Waals surface area contributed by atoms with Crippen LogP contribution in [0.1, 0.15) is 33.8 Å². The van der Waals surface area contributed by atoms with Crippen LogP contribution in [0.2, 0.25) is 0 Å². The van der Waals surface area contributed by atoms with E-state index in [4.69, 9.17) is 0 Å². The quantitative estimate of drug-likeness (QED) is 0.521. The van der Waals surface area contributed by atoms with Crippen molar-refractivity contribution < 1.29 is 4.79 Å². The molecular weight excluding hydrogens is 408 g/mol. The van der Waals surface area contributed by atoms with E-state index in [0.717, 1.165) is 52.7 Å². The highest BCUT2D eigenvalue weighted by molar-refractivity contribution is 7.20. The number of carbonyl (C=O) groups excluding carboxylic acids is 1. The summed E-state index contributed by atoms with van der Waals surface area (Å²) in [4.78, 5) is 25.5. The Labute approximate surface area is 184 Å². The minimum Gasteiger partial charge on any atom is -0.348 e. The molecule has 4 aromatic rings. The van der Waals surface area contributed by atoms with Crippen LogP contribution in [0.15, 0.2) is 54.9 Å². The molecule has 8 heteroatoms. The number of nitrogens with one attached hydrogen (secondary N) is 1. The lowest BCUT2D eigenvalue weighted by molar-refractivity contribution is 0.0935. The van der Waals surface area contributed by atoms with Crippen molar-refractivity contribution >= 4 is 33.4 Å². The summed E-state index contributed by atoms with van der Waals surface area (Å²) in [5.41, 5.74) is 2.15. The van der Waals surface area contributed by atoms with Crippen molar-refractivity contribution in [2.75, 3.05) is 18.0 Å². The first-order valence-corrected chi connectivity index (χ1v) is 11.3. The average Bonchev–Trinajstić information content (AvgIpc) is 3.37. The SMILES string of the molecule is Cc1nn(Cc2ccccc2)c2sc(C(=O)NC3CCN(c4ncccn4)CC3)cc12. The largest absolute Gasteiger partial charge is 0.348 e. The summed E-state index contributed by atoms with van der Waals surface area (Å²) in [5, 5.41) is 8.95. The molecule has 0 aliphatic carbocycles. The summed E-state index contributed by atoms with van der Waals surface area (Å²) >= 11 is 1.52. The van der Waals surface area contributed by atoms with Crippen molar-refractivity contribution in [3.8, 4) is 0 Å². The van der Waals surface area contributed by atoms with E-state index < -0.39 is 0 Å². The zero-order chi connectivity index (χ0) is 21.2. The highest BCUT2D eigenvalue weighted by atomic mass is 32.1. The van der Waals surface area contributed by atoms with Crippen LogP contribution in [0.25, 0.3) is 10.2 Å². The third-order valence-corrected chi connectivity index (χ3v) is 6.82. The fourth-order valence-corrected chi connectivity index (χ4v) is 5.09. The molecule has 1 fully saturated rings. The Balaban J connectivity index is 1.26. The van der Waals surface area contributed by atoms with Crippen LogP contribution < -0.4 is 10.2 Å². The van der Waals surface area contributed by atoms with Crippen molar-refractivity contribution in [2.24, 2.45) is 0 Å². The lowest BCUT2D eigenvalue weighted by Gasteiger charge is -2.32. The number of fused-ring (bicyclic) bond motifs is 1. The smallest absolute Gasteiger partial charge is 0.261 e. The number of rotatable bonds is 5. The summed E-state index contributed by atoms with van der Waals surface area (Å²) in [5.74, 6) is 0.761. The number of nitrogens with zero attached hydrogens (tertiary/aromatic N) is 5. The number of benzene rings is 1. The molecule has 7 nitrogen and oxygen atoms in total. The molecule has 1 aliphatic rings. The standard InChI is InChI=1S/C23H24N6OS/c1-16-19-14-20(31-22(19)29(27-16)15-17-6-3-2-4-7-17)21(30)26-18-8-12-28(13-9-18)23-24-10-5-11-25-23/h2-7,10-11,14,18H,8-9,12-13,15H2,1H3,(H,26,30). The molecule has 0 spiro atoms. The zero-order valence-corrected chi connectivity index (χ0v) is 18.2. The molecule has 0 atom stereocenters. The number of aryl methyl sites for hydroxylation is 1. The maximum Gasteiger partial charge on any atom is 0.261 e. The number of thiophene rings is 1. The van der Waals surface area contributed by atoms with Crippen LogP contribution in [-0.4, -0.2) is 44.8 Å². The third-order valence-electron chi connectivity index (χ3n) is 5.67. The van der Waals surface area contributed by atoms with Gasteiger partial charge in [-0.1, -0.05) is 30.3 Å². The number of aromatic nitrogens is 4. The number of hydrogen-bond donors (Lipinski definition) is 1. The summed E-state index contributed by atoms with van der Waals surface area (Å²) in [6, 6.07) is 14.2. The molecule has 4 heterocycles. The molecule has 1 aromatic carbocycles. The molecule has 0 bridgehead atoms. The molecule has 158 valence electrons. The first-order valence-electron chi connectivity index (χ1n) is 10.5. The van der Waals surface area contributed by atoms with Crippen LogP contribution in [0.3, 0.4) is 0 Å². The van der Waals surface area contributed by atoms with Crippen molar-refractivity contribution in [3.63, 3.8) is 0 Å². The fourth-order valence-electron chi connectivity index (χ4n) is 4.02. The molecular formula is C23H24N6OS. The van der Waals surface area contributed by atoms with Crippen molar-refractivity contribution in [3.05, 3.63) is 71.0 Å². The Morgan fingerprint density at radius 2 is 1.87 bits per heavy atom. The van der Waals surface area contributed by atoms with Gasteiger partial charge in [-0.05, 0) is 37.5 Å². The lowest BCUT2D eigenvalue weighted by Crippen LogP contribution is -2.45. The van der Waals surface area contributed by atoms with Gasteiger partial charge in [-0.2, -0.15) is 5.10 Å². The minimum atomic E-state index is 0.00118. The maximum absolute atomic E-state index is 12.9. The lowest BCUT2D eigenvalue weighted by atomic mass is 10.1. The van der Waals surface area contributed by atoms with E-state index in [0.29, 0.717) is 6.54 Å². The van der Waals surface area contributed by atoms with E-state index in [9.17, 15) is 4.79 Å². The molecule has 1 saturated heterocycles. The summed E-state index contributed by atoms with van der Waals surface area (Å²) < 4.78 is 2.00. The van der Waals surface area contributed by atoms with Gasteiger partial charge in [-0.3, -0.25) is 9.48 Å². The van der Waals surface area contributed by atoms with E-state index in [1.54, 1.807) is 12.4 Å². The van der Waals surface area contributed by atoms with Gasteiger partial charge in [-0.15, -0.1) is 11.3 Å². The van der Waals surface area contributed by atoms with Crippen molar-refractivity contribution in [2.45, 2.75) is 32.4 Å². The molecule has 0 saturated carbocycles. The van der Waals surface area contributed by atoms with Crippen LogP contribution >= 0.6 is 11.3 Å². The first kappa shape index (κ1) is 19.7. The number of anilines is 1. The molecule has 3 aromatic heterocycles. The highest BCUT2D eigenvalue weighted by Gasteiger charge is 2.24. The predicted octanol–water partition coefficient (Wildman–Crippen LogP) is 3.64. The number of hydrogen-bond acceptors (Lipinski definition) is 6. The number of piperidine rings is 1. The molecule has 1 aliphatic heterocycles. The number of carbonyl (C=O) groups is 1. The molecule has 31 heavy (non-hydrogen) atoms. The Morgan fingerprint density at radius 3 is 2.61 bits per heavy atom. The van der Waals surface area contributed by atoms with Crippen molar-refractivity contribution in [1.82, 2.24) is 25.1 Å².